The maximum atomic E-state index is 12.1. The number of thiophene rings is 1. The molecule has 0 spiro atoms. The van der Waals surface area contributed by atoms with Crippen molar-refractivity contribution in [3.05, 3.63) is 63.3 Å². The molecule has 0 bridgehead atoms. The van der Waals surface area contributed by atoms with Gasteiger partial charge in [0, 0.05) is 5.02 Å². The average Bonchev–Trinajstić information content (AvgIpc) is 3.16. The molecule has 3 aromatic rings. The summed E-state index contributed by atoms with van der Waals surface area (Å²) >= 11 is 13.3. The van der Waals surface area contributed by atoms with Crippen LogP contribution in [0.4, 0.5) is 0 Å². The molecule has 0 aliphatic rings. The molecule has 4 nitrogen and oxygen atoms in total. The molecule has 0 atom stereocenters. The van der Waals surface area contributed by atoms with Crippen LogP contribution in [0.2, 0.25) is 10.0 Å². The first-order valence-electron chi connectivity index (χ1n) is 6.35. The zero-order chi connectivity index (χ0) is 15.5. The van der Waals surface area contributed by atoms with E-state index in [0.29, 0.717) is 27.2 Å². The SMILES string of the molecule is O=C(NCc1coc(-c2cccs2)n1)c1ccc(Cl)cc1Cl. The van der Waals surface area contributed by atoms with Crippen LogP contribution >= 0.6 is 34.5 Å². The van der Waals surface area contributed by atoms with E-state index >= 15 is 0 Å². The highest BCUT2D eigenvalue weighted by molar-refractivity contribution is 7.13. The molecule has 0 saturated heterocycles. The summed E-state index contributed by atoms with van der Waals surface area (Å²) in [5.41, 5.74) is 1.01. The topological polar surface area (TPSA) is 55.1 Å². The number of oxazole rings is 1. The van der Waals surface area contributed by atoms with Gasteiger partial charge in [0.15, 0.2) is 0 Å². The van der Waals surface area contributed by atoms with E-state index in [-0.39, 0.29) is 12.5 Å². The molecule has 1 N–H and O–H groups in total. The molecule has 1 amide bonds. The lowest BCUT2D eigenvalue weighted by molar-refractivity contribution is 0.0950. The highest BCUT2D eigenvalue weighted by Gasteiger charge is 2.12. The first-order valence-corrected chi connectivity index (χ1v) is 7.98. The maximum absolute atomic E-state index is 12.1. The molecule has 0 saturated carbocycles. The lowest BCUT2D eigenvalue weighted by Gasteiger charge is -2.05. The Morgan fingerprint density at radius 3 is 2.91 bits per heavy atom. The van der Waals surface area contributed by atoms with Crippen molar-refractivity contribution in [3.63, 3.8) is 0 Å². The van der Waals surface area contributed by atoms with Gasteiger partial charge >= 0.3 is 0 Å². The number of amides is 1. The molecule has 1 aromatic carbocycles. The number of nitrogens with zero attached hydrogens (tertiary/aromatic N) is 1. The fourth-order valence-corrected chi connectivity index (χ4v) is 2.99. The number of carbonyl (C=O) groups excluding carboxylic acids is 1. The third-order valence-electron chi connectivity index (χ3n) is 2.89. The standard InChI is InChI=1S/C15H10Cl2N2O2S/c16-9-3-4-11(12(17)6-9)14(20)18-7-10-8-21-15(19-10)13-2-1-5-22-13/h1-6,8H,7H2,(H,18,20). The van der Waals surface area contributed by atoms with Gasteiger partial charge in [0.25, 0.3) is 5.91 Å². The van der Waals surface area contributed by atoms with Gasteiger partial charge in [-0.05, 0) is 29.6 Å². The number of hydrogen-bond donors (Lipinski definition) is 1. The Hall–Kier alpha value is -1.82. The van der Waals surface area contributed by atoms with Crippen molar-refractivity contribution < 1.29 is 9.21 Å². The van der Waals surface area contributed by atoms with Gasteiger partial charge in [0.1, 0.15) is 6.26 Å². The molecule has 22 heavy (non-hydrogen) atoms. The van der Waals surface area contributed by atoms with Crippen LogP contribution in [0.3, 0.4) is 0 Å². The van der Waals surface area contributed by atoms with Crippen molar-refractivity contribution in [2.24, 2.45) is 0 Å². The Bertz CT molecular complexity index is 800. The van der Waals surface area contributed by atoms with Crippen molar-refractivity contribution in [2.45, 2.75) is 6.54 Å². The normalized spacial score (nSPS) is 10.6. The van der Waals surface area contributed by atoms with Gasteiger partial charge in [0.2, 0.25) is 5.89 Å². The van der Waals surface area contributed by atoms with Crippen LogP contribution in [-0.2, 0) is 6.54 Å². The third kappa shape index (κ3) is 3.32. The summed E-state index contributed by atoms with van der Waals surface area (Å²) in [5, 5.41) is 5.49. The molecule has 0 aliphatic carbocycles. The Morgan fingerprint density at radius 1 is 1.32 bits per heavy atom. The fourth-order valence-electron chi connectivity index (χ4n) is 1.84. The number of aromatic nitrogens is 1. The van der Waals surface area contributed by atoms with E-state index in [1.165, 1.54) is 12.3 Å². The van der Waals surface area contributed by atoms with Crippen molar-refractivity contribution in [2.75, 3.05) is 0 Å². The molecular formula is C15H10Cl2N2O2S. The summed E-state index contributed by atoms with van der Waals surface area (Å²) in [6.45, 7) is 0.257. The molecule has 2 aromatic heterocycles. The highest BCUT2D eigenvalue weighted by atomic mass is 35.5. The van der Waals surface area contributed by atoms with Gasteiger partial charge in [-0.1, -0.05) is 29.3 Å². The van der Waals surface area contributed by atoms with Crippen LogP contribution in [-0.4, -0.2) is 10.9 Å². The van der Waals surface area contributed by atoms with Gasteiger partial charge in [-0.3, -0.25) is 4.79 Å². The summed E-state index contributed by atoms with van der Waals surface area (Å²) < 4.78 is 5.39. The van der Waals surface area contributed by atoms with Gasteiger partial charge in [-0.25, -0.2) is 4.98 Å². The average molecular weight is 353 g/mol. The van der Waals surface area contributed by atoms with Crippen molar-refractivity contribution in [3.8, 4) is 10.8 Å². The summed E-state index contributed by atoms with van der Waals surface area (Å²) in [6, 6.07) is 8.58. The van der Waals surface area contributed by atoms with Crippen LogP contribution in [0.25, 0.3) is 10.8 Å². The van der Waals surface area contributed by atoms with Crippen molar-refractivity contribution in [1.29, 1.82) is 0 Å². The Labute approximate surface area is 140 Å². The number of halogens is 2. The minimum absolute atomic E-state index is 0.257. The third-order valence-corrected chi connectivity index (χ3v) is 4.30. The van der Waals surface area contributed by atoms with Crippen LogP contribution < -0.4 is 5.32 Å². The predicted molar refractivity (Wildman–Crippen MR) is 87.4 cm³/mol. The summed E-state index contributed by atoms with van der Waals surface area (Å²) in [4.78, 5) is 17.4. The lowest BCUT2D eigenvalue weighted by atomic mass is 10.2. The molecule has 0 radical (unpaired) electrons. The van der Waals surface area contributed by atoms with Crippen LogP contribution in [0.15, 0.2) is 46.4 Å². The van der Waals surface area contributed by atoms with E-state index in [4.69, 9.17) is 27.6 Å². The highest BCUT2D eigenvalue weighted by Crippen LogP contribution is 2.24. The Morgan fingerprint density at radius 2 is 2.18 bits per heavy atom. The van der Waals surface area contributed by atoms with E-state index in [2.05, 4.69) is 10.3 Å². The quantitative estimate of drug-likeness (QED) is 0.743. The van der Waals surface area contributed by atoms with Gasteiger partial charge in [-0.15, -0.1) is 11.3 Å². The fraction of sp³-hybridized carbons (Fsp3) is 0.0667. The molecule has 0 fully saturated rings. The molecule has 0 unspecified atom stereocenters. The number of carbonyl (C=O) groups is 1. The van der Waals surface area contributed by atoms with Gasteiger partial charge < -0.3 is 9.73 Å². The van der Waals surface area contributed by atoms with Crippen LogP contribution in [0.1, 0.15) is 16.1 Å². The van der Waals surface area contributed by atoms with Gasteiger partial charge in [0.05, 0.1) is 27.7 Å². The summed E-state index contributed by atoms with van der Waals surface area (Å²) in [5.74, 6) is 0.256. The minimum atomic E-state index is -0.289. The molecular weight excluding hydrogens is 343 g/mol. The lowest BCUT2D eigenvalue weighted by Crippen LogP contribution is -2.23. The number of nitrogens with one attached hydrogen (secondary N) is 1. The molecule has 2 heterocycles. The number of benzene rings is 1. The van der Waals surface area contributed by atoms with E-state index in [9.17, 15) is 4.79 Å². The molecule has 7 heteroatoms. The number of rotatable bonds is 4. The first-order chi connectivity index (χ1) is 10.6. The van der Waals surface area contributed by atoms with Crippen LogP contribution in [0, 0.1) is 0 Å². The molecule has 0 aliphatic heterocycles. The zero-order valence-electron chi connectivity index (χ0n) is 11.2. The van der Waals surface area contributed by atoms with E-state index < -0.39 is 0 Å². The number of hydrogen-bond acceptors (Lipinski definition) is 4. The Kier molecular flexibility index (Phi) is 4.47. The molecule has 3 rings (SSSR count). The second-order valence-electron chi connectivity index (χ2n) is 4.43. The second-order valence-corrected chi connectivity index (χ2v) is 6.22. The summed E-state index contributed by atoms with van der Waals surface area (Å²) in [6.07, 6.45) is 1.53. The second kappa shape index (κ2) is 6.52. The largest absolute Gasteiger partial charge is 0.443 e. The first kappa shape index (κ1) is 15.1. The smallest absolute Gasteiger partial charge is 0.253 e. The van der Waals surface area contributed by atoms with Crippen molar-refractivity contribution in [1.82, 2.24) is 10.3 Å². The maximum Gasteiger partial charge on any atom is 0.253 e. The van der Waals surface area contributed by atoms with E-state index in [0.717, 1.165) is 4.88 Å². The zero-order valence-corrected chi connectivity index (χ0v) is 13.5. The molecule has 112 valence electrons. The minimum Gasteiger partial charge on any atom is -0.443 e. The van der Waals surface area contributed by atoms with E-state index in [1.807, 2.05) is 17.5 Å². The Balaban J connectivity index is 1.66. The van der Waals surface area contributed by atoms with E-state index in [1.54, 1.807) is 23.5 Å². The predicted octanol–water partition coefficient (Wildman–Crippen LogP) is 4.64. The summed E-state index contributed by atoms with van der Waals surface area (Å²) in [7, 11) is 0. The van der Waals surface area contributed by atoms with Crippen LogP contribution in [0.5, 0.6) is 0 Å². The van der Waals surface area contributed by atoms with Gasteiger partial charge in [-0.2, -0.15) is 0 Å². The monoisotopic (exact) mass is 352 g/mol. The van der Waals surface area contributed by atoms with Crippen molar-refractivity contribution >= 4 is 40.4 Å².